The monoisotopic (exact) mass is 377 g/mol. The van der Waals surface area contributed by atoms with Crippen LogP contribution in [-0.2, 0) is 11.8 Å². The zero-order valence-electron chi connectivity index (χ0n) is 14.6. The van der Waals surface area contributed by atoms with Gasteiger partial charge in [-0.3, -0.25) is 14.9 Å². The number of ether oxygens (including phenoxy) is 1. The lowest BCUT2D eigenvalue weighted by atomic mass is 10.2. The highest BCUT2D eigenvalue weighted by molar-refractivity contribution is 8.00. The molecule has 0 bridgehead atoms. The molecule has 3 rings (SSSR count). The quantitative estimate of drug-likeness (QED) is 0.448. The van der Waals surface area contributed by atoms with Crippen molar-refractivity contribution in [3.63, 3.8) is 0 Å². The third kappa shape index (κ3) is 3.79. The molecule has 0 spiro atoms. The minimum Gasteiger partial charge on any atom is -0.494 e. The standard InChI is InChI=1S/C16H19N5O4S/c1-9(26-16-19-18-14(20(16)2)10-4-5-10)15(22)17-12-7-6-11(21(23)24)8-13(12)25-3/h6-10H,4-5H2,1-3H3,(H,17,22)/t9-/m0/s1. The Morgan fingerprint density at radius 2 is 2.19 bits per heavy atom. The number of anilines is 1. The van der Waals surface area contributed by atoms with Crippen molar-refractivity contribution < 1.29 is 14.5 Å². The Kier molecular flexibility index (Phi) is 5.12. The summed E-state index contributed by atoms with van der Waals surface area (Å²) in [5.74, 6) is 1.42. The summed E-state index contributed by atoms with van der Waals surface area (Å²) in [6, 6.07) is 4.05. The molecule has 9 nitrogen and oxygen atoms in total. The maximum atomic E-state index is 12.5. The van der Waals surface area contributed by atoms with Crippen LogP contribution < -0.4 is 10.1 Å². The maximum absolute atomic E-state index is 12.5. The molecule has 1 amide bonds. The molecule has 1 heterocycles. The van der Waals surface area contributed by atoms with Crippen molar-refractivity contribution in [3.05, 3.63) is 34.1 Å². The van der Waals surface area contributed by atoms with E-state index < -0.39 is 10.2 Å². The summed E-state index contributed by atoms with van der Waals surface area (Å²) < 4.78 is 7.07. The molecular weight excluding hydrogens is 358 g/mol. The van der Waals surface area contributed by atoms with Crippen molar-refractivity contribution in [1.82, 2.24) is 14.8 Å². The molecule has 1 aromatic carbocycles. The smallest absolute Gasteiger partial charge is 0.273 e. The van der Waals surface area contributed by atoms with Gasteiger partial charge in [0.15, 0.2) is 5.16 Å². The number of hydrogen-bond donors (Lipinski definition) is 1. The molecule has 10 heteroatoms. The predicted octanol–water partition coefficient (Wildman–Crippen LogP) is 2.73. The number of nitrogens with zero attached hydrogens (tertiary/aromatic N) is 4. The molecule has 26 heavy (non-hydrogen) atoms. The molecule has 0 saturated heterocycles. The van der Waals surface area contributed by atoms with E-state index in [1.165, 1.54) is 37.1 Å². The number of nitro groups is 1. The Morgan fingerprint density at radius 3 is 2.81 bits per heavy atom. The highest BCUT2D eigenvalue weighted by atomic mass is 32.2. The van der Waals surface area contributed by atoms with E-state index in [-0.39, 0.29) is 17.3 Å². The fourth-order valence-corrected chi connectivity index (χ4v) is 3.29. The van der Waals surface area contributed by atoms with Gasteiger partial charge in [0.1, 0.15) is 11.6 Å². The molecule has 138 valence electrons. The lowest BCUT2D eigenvalue weighted by Crippen LogP contribution is -2.23. The van der Waals surface area contributed by atoms with Crippen molar-refractivity contribution >= 4 is 29.0 Å². The molecular formula is C16H19N5O4S. The lowest BCUT2D eigenvalue weighted by molar-refractivity contribution is -0.384. The summed E-state index contributed by atoms with van der Waals surface area (Å²) in [4.78, 5) is 22.8. The number of methoxy groups -OCH3 is 1. The van der Waals surface area contributed by atoms with Crippen molar-refractivity contribution in [2.45, 2.75) is 36.1 Å². The molecule has 1 atom stereocenters. The summed E-state index contributed by atoms with van der Waals surface area (Å²) in [7, 11) is 3.30. The van der Waals surface area contributed by atoms with Gasteiger partial charge in [0.05, 0.1) is 29.0 Å². The van der Waals surface area contributed by atoms with Crippen LogP contribution in [0.2, 0.25) is 0 Å². The topological polar surface area (TPSA) is 112 Å². The first-order chi connectivity index (χ1) is 12.4. The maximum Gasteiger partial charge on any atom is 0.273 e. The molecule has 1 saturated carbocycles. The van der Waals surface area contributed by atoms with E-state index in [9.17, 15) is 14.9 Å². The number of rotatable bonds is 7. The minimum absolute atomic E-state index is 0.103. The summed E-state index contributed by atoms with van der Waals surface area (Å²) in [5, 5.41) is 22.2. The molecule has 1 aromatic heterocycles. The number of carbonyl (C=O) groups is 1. The average molecular weight is 377 g/mol. The molecule has 0 radical (unpaired) electrons. The van der Waals surface area contributed by atoms with Crippen molar-refractivity contribution in [2.75, 3.05) is 12.4 Å². The van der Waals surface area contributed by atoms with Crippen LogP contribution in [0, 0.1) is 10.1 Å². The number of nitrogens with one attached hydrogen (secondary N) is 1. The van der Waals surface area contributed by atoms with Gasteiger partial charge >= 0.3 is 0 Å². The van der Waals surface area contributed by atoms with E-state index in [4.69, 9.17) is 4.74 Å². The second-order valence-electron chi connectivity index (χ2n) is 6.07. The number of amides is 1. The zero-order chi connectivity index (χ0) is 18.8. The zero-order valence-corrected chi connectivity index (χ0v) is 15.4. The van der Waals surface area contributed by atoms with Crippen LogP contribution in [0.25, 0.3) is 0 Å². The van der Waals surface area contributed by atoms with Crippen LogP contribution in [0.1, 0.15) is 31.5 Å². The van der Waals surface area contributed by atoms with E-state index in [0.29, 0.717) is 16.8 Å². The van der Waals surface area contributed by atoms with Crippen LogP contribution in [0.15, 0.2) is 23.4 Å². The van der Waals surface area contributed by atoms with Crippen molar-refractivity contribution in [3.8, 4) is 5.75 Å². The first kappa shape index (κ1) is 18.2. The van der Waals surface area contributed by atoms with Gasteiger partial charge in [0, 0.05) is 19.0 Å². The normalized spacial score (nSPS) is 14.7. The number of non-ortho nitro benzene ring substituents is 1. The van der Waals surface area contributed by atoms with Crippen LogP contribution in [0.5, 0.6) is 5.75 Å². The molecule has 1 aliphatic rings. The summed E-state index contributed by atoms with van der Waals surface area (Å²) in [6.07, 6.45) is 2.26. The summed E-state index contributed by atoms with van der Waals surface area (Å²) in [6.45, 7) is 1.77. The molecule has 2 aromatic rings. The van der Waals surface area contributed by atoms with Gasteiger partial charge < -0.3 is 14.6 Å². The van der Waals surface area contributed by atoms with E-state index >= 15 is 0 Å². The molecule has 0 aliphatic heterocycles. The summed E-state index contributed by atoms with van der Waals surface area (Å²) >= 11 is 1.31. The fraction of sp³-hybridized carbons (Fsp3) is 0.438. The largest absolute Gasteiger partial charge is 0.494 e. The number of carbonyl (C=O) groups excluding carboxylic acids is 1. The number of hydrogen-bond acceptors (Lipinski definition) is 7. The van der Waals surface area contributed by atoms with E-state index in [1.54, 1.807) is 6.92 Å². The first-order valence-electron chi connectivity index (χ1n) is 8.10. The van der Waals surface area contributed by atoms with Gasteiger partial charge in [0.2, 0.25) is 5.91 Å². The Morgan fingerprint density at radius 1 is 1.46 bits per heavy atom. The highest BCUT2D eigenvalue weighted by Gasteiger charge is 2.30. The first-order valence-corrected chi connectivity index (χ1v) is 8.98. The molecule has 1 fully saturated rings. The Balaban J connectivity index is 1.68. The summed E-state index contributed by atoms with van der Waals surface area (Å²) in [5.41, 5.74) is 0.279. The molecule has 0 unspecified atom stereocenters. The van der Waals surface area contributed by atoms with Crippen LogP contribution in [-0.4, -0.2) is 38.0 Å². The number of nitro benzene ring substituents is 1. The van der Waals surface area contributed by atoms with E-state index in [1.807, 2.05) is 11.6 Å². The van der Waals surface area contributed by atoms with E-state index in [0.717, 1.165) is 18.7 Å². The van der Waals surface area contributed by atoms with E-state index in [2.05, 4.69) is 15.5 Å². The van der Waals surface area contributed by atoms with Gasteiger partial charge in [0.25, 0.3) is 5.69 Å². The second kappa shape index (κ2) is 7.32. The van der Waals surface area contributed by atoms with Gasteiger partial charge in [-0.1, -0.05) is 11.8 Å². The fourth-order valence-electron chi connectivity index (χ4n) is 2.47. The predicted molar refractivity (Wildman–Crippen MR) is 96.6 cm³/mol. The molecule has 1 N–H and O–H groups in total. The number of aromatic nitrogens is 3. The average Bonchev–Trinajstić information content (AvgIpc) is 3.40. The second-order valence-corrected chi connectivity index (χ2v) is 7.37. The minimum atomic E-state index is -0.516. The lowest BCUT2D eigenvalue weighted by Gasteiger charge is -2.13. The van der Waals surface area contributed by atoms with Crippen molar-refractivity contribution in [2.24, 2.45) is 7.05 Å². The third-order valence-electron chi connectivity index (χ3n) is 4.12. The third-order valence-corrected chi connectivity index (χ3v) is 5.25. The highest BCUT2D eigenvalue weighted by Crippen LogP contribution is 2.40. The Hall–Kier alpha value is -2.62. The number of thioether (sulfide) groups is 1. The van der Waals surface area contributed by atoms with Gasteiger partial charge in [-0.25, -0.2) is 0 Å². The van der Waals surface area contributed by atoms with Crippen LogP contribution in [0.4, 0.5) is 11.4 Å². The molecule has 1 aliphatic carbocycles. The SMILES string of the molecule is COc1cc([N+](=O)[O-])ccc1NC(=O)[C@H](C)Sc1nnc(C2CC2)n1C. The number of benzene rings is 1. The van der Waals surface area contributed by atoms with Gasteiger partial charge in [-0.2, -0.15) is 0 Å². The Labute approximate surface area is 154 Å². The van der Waals surface area contributed by atoms with Crippen LogP contribution in [0.3, 0.4) is 0 Å². The van der Waals surface area contributed by atoms with Crippen LogP contribution >= 0.6 is 11.8 Å². The Bertz CT molecular complexity index is 849. The van der Waals surface area contributed by atoms with Crippen molar-refractivity contribution in [1.29, 1.82) is 0 Å². The van der Waals surface area contributed by atoms with Gasteiger partial charge in [-0.15, -0.1) is 10.2 Å². The van der Waals surface area contributed by atoms with Gasteiger partial charge in [-0.05, 0) is 25.8 Å².